The second-order valence-electron chi connectivity index (χ2n) is 8.23. The third-order valence-electron chi connectivity index (χ3n) is 6.28. The van der Waals surface area contributed by atoms with Crippen LogP contribution in [0.2, 0.25) is 0 Å². The molecule has 152 valence electrons. The van der Waals surface area contributed by atoms with Crippen LogP contribution in [0.4, 0.5) is 11.6 Å². The molecule has 3 heterocycles. The van der Waals surface area contributed by atoms with E-state index < -0.39 is 0 Å². The van der Waals surface area contributed by atoms with Crippen LogP contribution in [-0.2, 0) is 12.8 Å². The summed E-state index contributed by atoms with van der Waals surface area (Å²) < 4.78 is 0. The lowest BCUT2D eigenvalue weighted by molar-refractivity contribution is 0.0988. The molecule has 0 unspecified atom stereocenters. The Balaban J connectivity index is 1.20. The average molecular weight is 399 g/mol. The normalized spacial score (nSPS) is 16.5. The van der Waals surface area contributed by atoms with Crippen LogP contribution in [0.3, 0.4) is 0 Å². The molecule has 30 heavy (non-hydrogen) atoms. The summed E-state index contributed by atoms with van der Waals surface area (Å²) in [7, 11) is 0. The van der Waals surface area contributed by atoms with Crippen molar-refractivity contribution in [3.63, 3.8) is 0 Å². The van der Waals surface area contributed by atoms with Gasteiger partial charge in [0.25, 0.3) is 5.91 Å². The van der Waals surface area contributed by atoms with Gasteiger partial charge in [0, 0.05) is 37.7 Å². The van der Waals surface area contributed by atoms with Gasteiger partial charge in [-0.2, -0.15) is 0 Å². The molecule has 0 N–H and O–H groups in total. The predicted octanol–water partition coefficient (Wildman–Crippen LogP) is 4.14. The molecule has 0 aliphatic carbocycles. The Kier molecular flexibility index (Phi) is 5.18. The Bertz CT molecular complexity index is 1010. The molecule has 0 bridgehead atoms. The number of anilines is 2. The highest BCUT2D eigenvalue weighted by Gasteiger charge is 2.26. The number of para-hydroxylation sites is 1. The number of fused-ring (bicyclic) bond motifs is 1. The molecule has 1 fully saturated rings. The first-order valence-electron chi connectivity index (χ1n) is 10.8. The van der Waals surface area contributed by atoms with Gasteiger partial charge >= 0.3 is 0 Å². The summed E-state index contributed by atoms with van der Waals surface area (Å²) in [5.74, 6) is 1.42. The number of amides is 1. The van der Waals surface area contributed by atoms with Gasteiger partial charge in [-0.3, -0.25) is 4.79 Å². The summed E-state index contributed by atoms with van der Waals surface area (Å²) in [4.78, 5) is 26.1. The fourth-order valence-corrected chi connectivity index (χ4v) is 4.58. The van der Waals surface area contributed by atoms with E-state index in [4.69, 9.17) is 0 Å². The summed E-state index contributed by atoms with van der Waals surface area (Å²) in [5, 5.41) is 0. The van der Waals surface area contributed by atoms with Crippen molar-refractivity contribution in [2.75, 3.05) is 29.4 Å². The van der Waals surface area contributed by atoms with Gasteiger partial charge in [0.15, 0.2) is 0 Å². The molecule has 3 aromatic rings. The second kappa shape index (κ2) is 8.27. The van der Waals surface area contributed by atoms with Crippen LogP contribution >= 0.6 is 0 Å². The molecule has 0 saturated carbocycles. The number of piperidine rings is 1. The average Bonchev–Trinajstić information content (AvgIpc) is 3.24. The molecule has 5 nitrogen and oxygen atoms in total. The Hall–Kier alpha value is -3.21. The number of rotatable bonds is 4. The summed E-state index contributed by atoms with van der Waals surface area (Å²) in [6, 6.07) is 18.8. The van der Waals surface area contributed by atoms with Crippen molar-refractivity contribution >= 4 is 17.5 Å². The van der Waals surface area contributed by atoms with E-state index in [1.165, 1.54) is 11.1 Å². The number of benzene rings is 2. The largest absolute Gasteiger partial charge is 0.341 e. The topological polar surface area (TPSA) is 49.3 Å². The van der Waals surface area contributed by atoms with E-state index in [0.717, 1.165) is 57.0 Å². The zero-order valence-electron chi connectivity index (χ0n) is 17.1. The van der Waals surface area contributed by atoms with E-state index in [2.05, 4.69) is 51.3 Å². The van der Waals surface area contributed by atoms with Crippen molar-refractivity contribution in [3.05, 3.63) is 83.7 Å². The summed E-state index contributed by atoms with van der Waals surface area (Å²) in [5.41, 5.74) is 4.20. The standard InChI is InChI=1S/C25H26N4O/c30-24(29-15-12-21-8-4-5-9-23(21)29)22-17-26-25(27-18-22)28-13-10-20(11-14-28)16-19-6-2-1-3-7-19/h1-9,17-18,20H,10-16H2. The SMILES string of the molecule is O=C(c1cnc(N2CCC(Cc3ccccc3)CC2)nc1)N1CCc2ccccc21. The first kappa shape index (κ1) is 18.8. The number of hydrogen-bond acceptors (Lipinski definition) is 4. The Morgan fingerprint density at radius 1 is 0.900 bits per heavy atom. The van der Waals surface area contributed by atoms with Crippen molar-refractivity contribution in [1.82, 2.24) is 9.97 Å². The van der Waals surface area contributed by atoms with Gasteiger partial charge in [-0.15, -0.1) is 0 Å². The van der Waals surface area contributed by atoms with Crippen LogP contribution in [0.25, 0.3) is 0 Å². The van der Waals surface area contributed by atoms with E-state index in [-0.39, 0.29) is 5.91 Å². The summed E-state index contributed by atoms with van der Waals surface area (Å²) in [6.07, 6.45) is 7.69. The monoisotopic (exact) mass is 398 g/mol. The zero-order chi connectivity index (χ0) is 20.3. The Morgan fingerprint density at radius 2 is 1.60 bits per heavy atom. The highest BCUT2D eigenvalue weighted by molar-refractivity contribution is 6.06. The molecule has 2 aromatic carbocycles. The van der Waals surface area contributed by atoms with E-state index in [9.17, 15) is 4.79 Å². The number of aromatic nitrogens is 2. The van der Waals surface area contributed by atoms with Gasteiger partial charge < -0.3 is 9.80 Å². The predicted molar refractivity (Wildman–Crippen MR) is 119 cm³/mol. The van der Waals surface area contributed by atoms with Crippen molar-refractivity contribution in [3.8, 4) is 0 Å². The van der Waals surface area contributed by atoms with Crippen LogP contribution in [0.1, 0.15) is 34.3 Å². The lowest BCUT2D eigenvalue weighted by atomic mass is 9.90. The van der Waals surface area contributed by atoms with Crippen LogP contribution < -0.4 is 9.80 Å². The highest BCUT2D eigenvalue weighted by atomic mass is 16.2. The van der Waals surface area contributed by atoms with Gasteiger partial charge in [0.05, 0.1) is 5.56 Å². The fourth-order valence-electron chi connectivity index (χ4n) is 4.58. The van der Waals surface area contributed by atoms with Crippen molar-refractivity contribution in [1.29, 1.82) is 0 Å². The smallest absolute Gasteiger partial charge is 0.261 e. The number of hydrogen-bond donors (Lipinski definition) is 0. The minimum absolute atomic E-state index is 0.0203. The quantitative estimate of drug-likeness (QED) is 0.663. The van der Waals surface area contributed by atoms with E-state index in [0.29, 0.717) is 11.5 Å². The Labute approximate surface area is 177 Å². The van der Waals surface area contributed by atoms with E-state index in [1.54, 1.807) is 12.4 Å². The maximum Gasteiger partial charge on any atom is 0.261 e. The number of nitrogens with zero attached hydrogens (tertiary/aromatic N) is 4. The molecule has 1 amide bonds. The zero-order valence-corrected chi connectivity index (χ0v) is 17.1. The molecule has 0 radical (unpaired) electrons. The molecule has 2 aliphatic heterocycles. The maximum atomic E-state index is 12.9. The molecule has 2 aliphatic rings. The van der Waals surface area contributed by atoms with Crippen LogP contribution in [0, 0.1) is 5.92 Å². The molecule has 1 aromatic heterocycles. The summed E-state index contributed by atoms with van der Waals surface area (Å²) in [6.45, 7) is 2.64. The van der Waals surface area contributed by atoms with Crippen molar-refractivity contribution < 1.29 is 4.79 Å². The highest BCUT2D eigenvalue weighted by Crippen LogP contribution is 2.29. The molecular formula is C25H26N4O. The van der Waals surface area contributed by atoms with Gasteiger partial charge in [-0.1, -0.05) is 48.5 Å². The minimum atomic E-state index is -0.0203. The van der Waals surface area contributed by atoms with E-state index >= 15 is 0 Å². The van der Waals surface area contributed by atoms with Crippen molar-refractivity contribution in [2.45, 2.75) is 25.7 Å². The molecule has 1 saturated heterocycles. The van der Waals surface area contributed by atoms with Crippen LogP contribution in [-0.4, -0.2) is 35.5 Å². The lowest BCUT2D eigenvalue weighted by Gasteiger charge is -2.32. The Morgan fingerprint density at radius 3 is 2.37 bits per heavy atom. The molecule has 0 spiro atoms. The maximum absolute atomic E-state index is 12.9. The first-order valence-corrected chi connectivity index (χ1v) is 10.8. The van der Waals surface area contributed by atoms with E-state index in [1.807, 2.05) is 23.1 Å². The molecule has 5 heteroatoms. The molecule has 5 rings (SSSR count). The summed E-state index contributed by atoms with van der Waals surface area (Å²) >= 11 is 0. The van der Waals surface area contributed by atoms with Crippen LogP contribution in [0.5, 0.6) is 0 Å². The number of carbonyl (C=O) groups is 1. The van der Waals surface area contributed by atoms with Gasteiger partial charge in [0.2, 0.25) is 5.95 Å². The fraction of sp³-hybridized carbons (Fsp3) is 0.320. The molecule has 0 atom stereocenters. The van der Waals surface area contributed by atoms with Gasteiger partial charge in [-0.25, -0.2) is 9.97 Å². The third kappa shape index (κ3) is 3.80. The number of carbonyl (C=O) groups excluding carboxylic acids is 1. The minimum Gasteiger partial charge on any atom is -0.341 e. The van der Waals surface area contributed by atoms with Gasteiger partial charge in [0.1, 0.15) is 0 Å². The second-order valence-corrected chi connectivity index (χ2v) is 8.23. The van der Waals surface area contributed by atoms with Crippen molar-refractivity contribution in [2.24, 2.45) is 5.92 Å². The molecular weight excluding hydrogens is 372 g/mol. The first-order chi connectivity index (χ1) is 14.8. The lowest BCUT2D eigenvalue weighted by Crippen LogP contribution is -2.35. The third-order valence-corrected chi connectivity index (χ3v) is 6.28. The van der Waals surface area contributed by atoms with Crippen LogP contribution in [0.15, 0.2) is 67.0 Å². The van der Waals surface area contributed by atoms with Gasteiger partial charge in [-0.05, 0) is 48.8 Å².